The molecular formula is C19H27ClFN3O3. The molecule has 1 atom stereocenters. The lowest BCUT2D eigenvalue weighted by Gasteiger charge is -2.39. The molecule has 1 unspecified atom stereocenters. The van der Waals surface area contributed by atoms with Crippen molar-refractivity contribution in [1.29, 1.82) is 0 Å². The summed E-state index contributed by atoms with van der Waals surface area (Å²) in [6.07, 6.45) is 1.02. The molecule has 27 heavy (non-hydrogen) atoms. The number of alkyl halides is 1. The maximum atomic E-state index is 15.1. The van der Waals surface area contributed by atoms with Crippen molar-refractivity contribution < 1.29 is 19.0 Å². The molecule has 1 saturated heterocycles. The number of nitrogens with two attached hydrogens (primary N) is 1. The Labute approximate surface area is 163 Å². The van der Waals surface area contributed by atoms with Crippen molar-refractivity contribution in [1.82, 2.24) is 10.2 Å². The number of fused-ring (bicyclic) bond motifs is 1. The minimum absolute atomic E-state index is 0.00865. The van der Waals surface area contributed by atoms with E-state index in [4.69, 9.17) is 21.8 Å². The van der Waals surface area contributed by atoms with Gasteiger partial charge in [0.05, 0.1) is 22.6 Å². The molecule has 0 amide bonds. The zero-order chi connectivity index (χ0) is 19.8. The van der Waals surface area contributed by atoms with Crippen LogP contribution in [0.15, 0.2) is 22.8 Å². The van der Waals surface area contributed by atoms with E-state index >= 15 is 4.39 Å². The van der Waals surface area contributed by atoms with Gasteiger partial charge in [-0.2, -0.15) is 0 Å². The number of nitrogens with one attached hydrogen (secondary N) is 1. The van der Waals surface area contributed by atoms with E-state index < -0.39 is 17.5 Å². The lowest BCUT2D eigenvalue weighted by atomic mass is 9.92. The molecule has 1 aliphatic heterocycles. The Morgan fingerprint density at radius 1 is 1.44 bits per heavy atom. The summed E-state index contributed by atoms with van der Waals surface area (Å²) in [6.45, 7) is 5.14. The summed E-state index contributed by atoms with van der Waals surface area (Å²) in [5.41, 5.74) is 4.96. The maximum Gasteiger partial charge on any atom is 0.143 e. The van der Waals surface area contributed by atoms with Crippen molar-refractivity contribution in [2.24, 2.45) is 0 Å². The molecule has 2 heterocycles. The fourth-order valence-corrected chi connectivity index (χ4v) is 3.80. The fourth-order valence-electron chi connectivity index (χ4n) is 3.58. The molecule has 5 N–H and O–H groups in total. The van der Waals surface area contributed by atoms with Crippen LogP contribution in [0.4, 0.5) is 10.1 Å². The molecule has 0 bridgehead atoms. The van der Waals surface area contributed by atoms with Crippen molar-refractivity contribution >= 4 is 28.3 Å². The lowest BCUT2D eigenvalue weighted by molar-refractivity contribution is -0.00573. The van der Waals surface area contributed by atoms with Crippen LogP contribution >= 0.6 is 11.6 Å². The Kier molecular flexibility index (Phi) is 5.70. The SMILES string of the molecule is CC(C)(O)CN1CCC(F)(CNC(O)c2cc(Cl)c(N)c3ccoc23)CC1. The van der Waals surface area contributed by atoms with Gasteiger partial charge in [-0.3, -0.25) is 5.32 Å². The summed E-state index contributed by atoms with van der Waals surface area (Å²) < 4.78 is 20.5. The van der Waals surface area contributed by atoms with Gasteiger partial charge < -0.3 is 25.3 Å². The summed E-state index contributed by atoms with van der Waals surface area (Å²) in [4.78, 5) is 2.06. The summed E-state index contributed by atoms with van der Waals surface area (Å²) in [7, 11) is 0. The van der Waals surface area contributed by atoms with Crippen molar-refractivity contribution in [3.63, 3.8) is 0 Å². The van der Waals surface area contributed by atoms with E-state index in [1.165, 1.54) is 12.3 Å². The quantitative estimate of drug-likeness (QED) is 0.440. The van der Waals surface area contributed by atoms with E-state index in [9.17, 15) is 10.2 Å². The van der Waals surface area contributed by atoms with Crippen LogP contribution in [0, 0.1) is 0 Å². The zero-order valence-electron chi connectivity index (χ0n) is 15.6. The topological polar surface area (TPSA) is 94.9 Å². The third-order valence-electron chi connectivity index (χ3n) is 5.03. The van der Waals surface area contributed by atoms with Crippen LogP contribution in [-0.4, -0.2) is 52.6 Å². The molecule has 1 aromatic heterocycles. The Bertz CT molecular complexity index is 797. The van der Waals surface area contributed by atoms with Gasteiger partial charge in [-0.25, -0.2) is 4.39 Å². The number of rotatable bonds is 6. The molecule has 0 spiro atoms. The van der Waals surface area contributed by atoms with Gasteiger partial charge >= 0.3 is 0 Å². The van der Waals surface area contributed by atoms with Crippen LogP contribution in [0.25, 0.3) is 11.0 Å². The van der Waals surface area contributed by atoms with E-state index in [-0.39, 0.29) is 6.54 Å². The predicted molar refractivity (Wildman–Crippen MR) is 104 cm³/mol. The number of hydrogen-bond donors (Lipinski definition) is 4. The molecule has 1 fully saturated rings. The zero-order valence-corrected chi connectivity index (χ0v) is 16.4. The summed E-state index contributed by atoms with van der Waals surface area (Å²) in [5.74, 6) is 0. The minimum Gasteiger partial charge on any atom is -0.464 e. The first kappa shape index (κ1) is 20.4. The van der Waals surface area contributed by atoms with Crippen molar-refractivity contribution in [3.8, 4) is 0 Å². The van der Waals surface area contributed by atoms with E-state index in [2.05, 4.69) is 10.2 Å². The number of piperidine rings is 1. The second-order valence-electron chi connectivity index (χ2n) is 8.05. The minimum atomic E-state index is -1.42. The van der Waals surface area contributed by atoms with Crippen LogP contribution in [0.3, 0.4) is 0 Å². The average Bonchev–Trinajstić information content (AvgIpc) is 3.07. The van der Waals surface area contributed by atoms with E-state index in [0.717, 1.165) is 0 Å². The van der Waals surface area contributed by atoms with Gasteiger partial charge in [-0.15, -0.1) is 0 Å². The summed E-state index contributed by atoms with van der Waals surface area (Å²) in [5, 5.41) is 24.2. The monoisotopic (exact) mass is 399 g/mol. The Morgan fingerprint density at radius 3 is 2.74 bits per heavy atom. The van der Waals surface area contributed by atoms with Gasteiger partial charge in [0.2, 0.25) is 0 Å². The number of nitrogens with zero attached hydrogens (tertiary/aromatic N) is 1. The first-order valence-electron chi connectivity index (χ1n) is 9.08. The number of furan rings is 1. The van der Waals surface area contributed by atoms with Crippen LogP contribution < -0.4 is 11.1 Å². The number of β-amino-alcohol motifs (C(OH)–C–C–N with tert-alkyl or cyclic N) is 1. The van der Waals surface area contributed by atoms with Gasteiger partial charge in [-0.05, 0) is 38.8 Å². The third-order valence-corrected chi connectivity index (χ3v) is 5.34. The van der Waals surface area contributed by atoms with Gasteiger partial charge in [0.1, 0.15) is 17.5 Å². The van der Waals surface area contributed by atoms with E-state index in [0.29, 0.717) is 59.7 Å². The fraction of sp³-hybridized carbons (Fsp3) is 0.579. The standard InChI is InChI=1S/C19H27ClFN3O3/c1-18(2,26)11-24-6-4-19(21,5-7-24)10-23-17(25)13-9-14(20)15(22)12-3-8-27-16(12)13/h3,8-9,17,23,25-26H,4-7,10-11,22H2,1-2H3. The summed E-state index contributed by atoms with van der Waals surface area (Å²) in [6, 6.07) is 3.22. The maximum absolute atomic E-state index is 15.1. The van der Waals surface area contributed by atoms with Crippen molar-refractivity contribution in [2.75, 3.05) is 31.9 Å². The van der Waals surface area contributed by atoms with Gasteiger partial charge in [0, 0.05) is 37.1 Å². The Hall–Kier alpha value is -1.38. The summed E-state index contributed by atoms with van der Waals surface area (Å²) >= 11 is 6.13. The van der Waals surface area contributed by atoms with Crippen LogP contribution in [0.1, 0.15) is 38.5 Å². The smallest absolute Gasteiger partial charge is 0.143 e. The van der Waals surface area contributed by atoms with Crippen LogP contribution in [0.5, 0.6) is 0 Å². The number of likely N-dealkylation sites (tertiary alicyclic amines) is 1. The average molecular weight is 400 g/mol. The molecule has 150 valence electrons. The Balaban J connectivity index is 1.62. The van der Waals surface area contributed by atoms with E-state index in [1.54, 1.807) is 19.9 Å². The molecule has 6 nitrogen and oxygen atoms in total. The second kappa shape index (κ2) is 7.56. The van der Waals surface area contributed by atoms with Gasteiger partial charge in [0.15, 0.2) is 0 Å². The number of nitrogen functional groups attached to an aromatic ring is 1. The second-order valence-corrected chi connectivity index (χ2v) is 8.45. The molecule has 1 aromatic carbocycles. The molecule has 0 radical (unpaired) electrons. The van der Waals surface area contributed by atoms with E-state index in [1.807, 2.05) is 0 Å². The molecular weight excluding hydrogens is 373 g/mol. The number of aliphatic hydroxyl groups excluding tert-OH is 1. The van der Waals surface area contributed by atoms with Crippen LogP contribution in [-0.2, 0) is 0 Å². The third kappa shape index (κ3) is 4.73. The first-order valence-corrected chi connectivity index (χ1v) is 9.46. The number of hydrogen-bond acceptors (Lipinski definition) is 6. The van der Waals surface area contributed by atoms with Gasteiger partial charge in [0.25, 0.3) is 0 Å². The highest BCUT2D eigenvalue weighted by Gasteiger charge is 2.36. The first-order chi connectivity index (χ1) is 12.6. The number of halogens is 2. The predicted octanol–water partition coefficient (Wildman–Crippen LogP) is 2.82. The molecule has 1 aliphatic rings. The highest BCUT2D eigenvalue weighted by Crippen LogP contribution is 2.35. The van der Waals surface area contributed by atoms with Gasteiger partial charge in [-0.1, -0.05) is 11.6 Å². The highest BCUT2D eigenvalue weighted by atomic mass is 35.5. The number of aliphatic hydroxyl groups is 2. The normalized spacial score (nSPS) is 19.5. The number of benzene rings is 1. The number of anilines is 1. The highest BCUT2D eigenvalue weighted by molar-refractivity contribution is 6.34. The van der Waals surface area contributed by atoms with Crippen molar-refractivity contribution in [2.45, 2.75) is 44.2 Å². The van der Waals surface area contributed by atoms with Crippen LogP contribution in [0.2, 0.25) is 5.02 Å². The molecule has 3 rings (SSSR count). The molecule has 0 aliphatic carbocycles. The Morgan fingerprint density at radius 2 is 2.11 bits per heavy atom. The van der Waals surface area contributed by atoms with Crippen molar-refractivity contribution in [3.05, 3.63) is 29.0 Å². The molecule has 0 saturated carbocycles. The molecule has 8 heteroatoms. The lowest BCUT2D eigenvalue weighted by Crippen LogP contribution is -2.50. The molecule has 2 aromatic rings. The largest absolute Gasteiger partial charge is 0.464 e.